The number of fused-ring (bicyclic) bond motifs is 11. The maximum absolute atomic E-state index is 6.60. The summed E-state index contributed by atoms with van der Waals surface area (Å²) in [6.45, 7) is 0. The fourth-order valence-corrected chi connectivity index (χ4v) is 9.06. The van der Waals surface area contributed by atoms with E-state index in [-0.39, 0.29) is 0 Å². The van der Waals surface area contributed by atoms with Gasteiger partial charge in [-0.1, -0.05) is 115 Å². The molecule has 9 aromatic carbocycles. The summed E-state index contributed by atoms with van der Waals surface area (Å²) >= 11 is 0. The Labute approximate surface area is 336 Å². The van der Waals surface area contributed by atoms with E-state index in [1.54, 1.807) is 0 Å². The molecule has 0 fully saturated rings. The summed E-state index contributed by atoms with van der Waals surface area (Å²) in [7, 11) is 0. The Kier molecular flexibility index (Phi) is 6.63. The maximum Gasteiger partial charge on any atom is 0.166 e. The summed E-state index contributed by atoms with van der Waals surface area (Å²) < 4.78 is 15.2. The van der Waals surface area contributed by atoms with Gasteiger partial charge in [0, 0.05) is 43.6 Å². The Hall–Kier alpha value is -8.09. The highest BCUT2D eigenvalue weighted by Gasteiger charge is 2.25. The summed E-state index contributed by atoms with van der Waals surface area (Å²) in [5.74, 6) is 1.72. The average Bonchev–Trinajstić information content (AvgIpc) is 3.97. The van der Waals surface area contributed by atoms with E-state index in [1.807, 2.05) is 42.5 Å². The van der Waals surface area contributed by atoms with E-state index < -0.39 is 0 Å². The molecule has 0 radical (unpaired) electrons. The fraction of sp³-hybridized carbons (Fsp3) is 0. The van der Waals surface area contributed by atoms with Crippen molar-refractivity contribution >= 4 is 87.2 Å². The second-order valence-corrected chi connectivity index (χ2v) is 15.2. The average molecular weight is 755 g/mol. The van der Waals surface area contributed by atoms with Crippen LogP contribution in [0.4, 0.5) is 0 Å². The number of aromatic nitrogens is 4. The molecule has 0 amide bonds. The van der Waals surface area contributed by atoms with Crippen LogP contribution in [0.3, 0.4) is 0 Å². The van der Waals surface area contributed by atoms with Crippen LogP contribution in [-0.4, -0.2) is 19.5 Å². The molecule has 13 rings (SSSR count). The number of nitrogens with zero attached hydrogens (tertiary/aromatic N) is 4. The summed E-state index contributed by atoms with van der Waals surface area (Å²) in [5.41, 5.74) is 9.03. The molecule has 4 aromatic heterocycles. The van der Waals surface area contributed by atoms with Crippen LogP contribution in [0.1, 0.15) is 0 Å². The van der Waals surface area contributed by atoms with Gasteiger partial charge in [0.25, 0.3) is 0 Å². The van der Waals surface area contributed by atoms with Gasteiger partial charge in [0.1, 0.15) is 22.3 Å². The quantitative estimate of drug-likeness (QED) is 0.179. The summed E-state index contributed by atoms with van der Waals surface area (Å²) in [6.07, 6.45) is 0. The first-order valence-corrected chi connectivity index (χ1v) is 19.8. The lowest BCUT2D eigenvalue weighted by Gasteiger charge is -2.16. The molecule has 0 saturated carbocycles. The minimum Gasteiger partial charge on any atom is -0.456 e. The zero-order chi connectivity index (χ0) is 38.6. The fourth-order valence-electron chi connectivity index (χ4n) is 9.06. The van der Waals surface area contributed by atoms with Gasteiger partial charge in [0.15, 0.2) is 17.5 Å². The van der Waals surface area contributed by atoms with Crippen LogP contribution in [0.15, 0.2) is 191 Å². The minimum absolute atomic E-state index is 0.559. The third kappa shape index (κ3) is 4.84. The number of furan rings is 2. The molecular formula is C53H30N4O2. The van der Waals surface area contributed by atoms with Crippen molar-refractivity contribution in [2.24, 2.45) is 0 Å². The van der Waals surface area contributed by atoms with Crippen molar-refractivity contribution < 1.29 is 8.83 Å². The van der Waals surface area contributed by atoms with Crippen molar-refractivity contribution in [3.8, 4) is 39.9 Å². The van der Waals surface area contributed by atoms with Crippen molar-refractivity contribution in [1.82, 2.24) is 19.5 Å². The number of hydrogen-bond acceptors (Lipinski definition) is 5. The molecule has 0 aliphatic heterocycles. The van der Waals surface area contributed by atoms with Crippen molar-refractivity contribution in [2.75, 3.05) is 0 Å². The van der Waals surface area contributed by atoms with Crippen LogP contribution >= 0.6 is 0 Å². The second kappa shape index (κ2) is 12.2. The Balaban J connectivity index is 1.15. The van der Waals surface area contributed by atoms with Gasteiger partial charge in [-0.05, 0) is 88.3 Å². The molecule has 0 aliphatic rings. The van der Waals surface area contributed by atoms with Crippen molar-refractivity contribution in [3.63, 3.8) is 0 Å². The van der Waals surface area contributed by atoms with Gasteiger partial charge >= 0.3 is 0 Å². The predicted octanol–water partition coefficient (Wildman–Crippen LogP) is 14.1. The van der Waals surface area contributed by atoms with Gasteiger partial charge < -0.3 is 13.4 Å². The van der Waals surface area contributed by atoms with Gasteiger partial charge in [-0.25, -0.2) is 15.0 Å². The van der Waals surface area contributed by atoms with E-state index >= 15 is 0 Å². The Morgan fingerprint density at radius 3 is 1.71 bits per heavy atom. The lowest BCUT2D eigenvalue weighted by molar-refractivity contribution is 0.668. The van der Waals surface area contributed by atoms with E-state index in [0.717, 1.165) is 98.8 Å². The molecule has 13 aromatic rings. The molecule has 0 atom stereocenters. The van der Waals surface area contributed by atoms with Crippen molar-refractivity contribution in [3.05, 3.63) is 182 Å². The van der Waals surface area contributed by atoms with E-state index in [9.17, 15) is 0 Å². The van der Waals surface area contributed by atoms with Gasteiger partial charge in [0.2, 0.25) is 0 Å². The summed E-state index contributed by atoms with van der Waals surface area (Å²) in [6, 6.07) is 63.3. The summed E-state index contributed by atoms with van der Waals surface area (Å²) in [5, 5.41) is 11.0. The lowest BCUT2D eigenvalue weighted by Crippen LogP contribution is -2.04. The largest absolute Gasteiger partial charge is 0.456 e. The molecule has 6 nitrogen and oxygen atoms in total. The maximum atomic E-state index is 6.60. The first-order chi connectivity index (χ1) is 29.2. The van der Waals surface area contributed by atoms with Crippen LogP contribution in [0, 0.1) is 0 Å². The van der Waals surface area contributed by atoms with E-state index in [1.165, 1.54) is 10.8 Å². The monoisotopic (exact) mass is 754 g/mol. The number of para-hydroxylation sites is 3. The third-order valence-corrected chi connectivity index (χ3v) is 11.8. The number of benzene rings is 9. The first kappa shape index (κ1) is 32.0. The zero-order valence-corrected chi connectivity index (χ0v) is 31.4. The molecule has 0 bridgehead atoms. The van der Waals surface area contributed by atoms with Crippen LogP contribution in [0.5, 0.6) is 0 Å². The standard InChI is InChI=1S/C53H30N4O2/c1-2-12-32-27-35(22-21-31(32)11-1)51-54-52(36-23-25-47-42(29-36)38-16-6-9-19-45(38)58-47)56-53(55-51)40-24-26-48-49(39-17-7-10-20-46(39)59-48)50(40)57-43-18-8-5-15-37(43)41-28-33-13-3-4-14-34(33)30-44(41)57/h1-30H. The van der Waals surface area contributed by atoms with Gasteiger partial charge in [0.05, 0.1) is 22.1 Å². The van der Waals surface area contributed by atoms with Gasteiger partial charge in [-0.2, -0.15) is 0 Å². The molecule has 0 spiro atoms. The third-order valence-electron chi connectivity index (χ3n) is 11.8. The molecule has 0 N–H and O–H groups in total. The highest BCUT2D eigenvalue weighted by atomic mass is 16.3. The molecule has 0 saturated heterocycles. The SMILES string of the molecule is c1ccc2cc(-c3nc(-c4ccc5oc6ccccc6c5c4)nc(-c4ccc5oc6ccccc6c5c4-n4c5ccccc5c5cc6ccccc6cc54)n3)ccc2c1. The highest BCUT2D eigenvalue weighted by Crippen LogP contribution is 2.44. The Morgan fingerprint density at radius 2 is 0.898 bits per heavy atom. The number of rotatable bonds is 4. The van der Waals surface area contributed by atoms with Crippen LogP contribution in [0.2, 0.25) is 0 Å². The second-order valence-electron chi connectivity index (χ2n) is 15.2. The number of hydrogen-bond donors (Lipinski definition) is 0. The minimum atomic E-state index is 0.559. The molecule has 0 aliphatic carbocycles. The zero-order valence-electron chi connectivity index (χ0n) is 31.4. The normalized spacial score (nSPS) is 12.1. The van der Waals surface area contributed by atoms with Crippen molar-refractivity contribution in [1.29, 1.82) is 0 Å². The molecule has 4 heterocycles. The van der Waals surface area contributed by atoms with E-state index in [4.69, 9.17) is 23.8 Å². The van der Waals surface area contributed by atoms with Crippen LogP contribution < -0.4 is 0 Å². The van der Waals surface area contributed by atoms with E-state index in [2.05, 4.69) is 144 Å². The first-order valence-electron chi connectivity index (χ1n) is 19.8. The Morgan fingerprint density at radius 1 is 0.339 bits per heavy atom. The molecule has 274 valence electrons. The smallest absolute Gasteiger partial charge is 0.166 e. The lowest BCUT2D eigenvalue weighted by atomic mass is 10.0. The molecule has 0 unspecified atom stereocenters. The van der Waals surface area contributed by atoms with Gasteiger partial charge in [-0.3, -0.25) is 0 Å². The van der Waals surface area contributed by atoms with Crippen molar-refractivity contribution in [2.45, 2.75) is 0 Å². The Bertz CT molecular complexity index is 3870. The van der Waals surface area contributed by atoms with Crippen LogP contribution in [0.25, 0.3) is 127 Å². The van der Waals surface area contributed by atoms with Gasteiger partial charge in [-0.15, -0.1) is 0 Å². The highest BCUT2D eigenvalue weighted by molar-refractivity contribution is 6.18. The molecule has 59 heavy (non-hydrogen) atoms. The predicted molar refractivity (Wildman–Crippen MR) is 240 cm³/mol. The topological polar surface area (TPSA) is 69.9 Å². The molecular weight excluding hydrogens is 725 g/mol. The molecule has 6 heteroatoms. The summed E-state index contributed by atoms with van der Waals surface area (Å²) in [4.78, 5) is 16.0. The van der Waals surface area contributed by atoms with E-state index in [0.29, 0.717) is 17.5 Å². The van der Waals surface area contributed by atoms with Crippen LogP contribution in [-0.2, 0) is 0 Å².